The number of amides is 1. The summed E-state index contributed by atoms with van der Waals surface area (Å²) < 4.78 is -0.0590. The molecule has 0 N–H and O–H groups in total. The fourth-order valence-corrected chi connectivity index (χ4v) is 2.82. The average Bonchev–Trinajstić information content (AvgIpc) is 2.74. The first-order chi connectivity index (χ1) is 5.22. The predicted octanol–water partition coefficient (Wildman–Crippen LogP) is 1.11. The molecular weight excluding hydrogens is 158 g/mol. The Bertz CT molecular complexity index is 183. The normalized spacial score (nSPS) is 35.9. The number of nitrogens with zero attached hydrogens (tertiary/aromatic N) is 1. The monoisotopic (exact) mass is 171 g/mol. The van der Waals surface area contributed by atoms with Crippen molar-refractivity contribution in [3.05, 3.63) is 0 Å². The number of rotatable bonds is 1. The third-order valence-electron chi connectivity index (χ3n) is 2.41. The van der Waals surface area contributed by atoms with Crippen LogP contribution in [0.4, 0.5) is 0 Å². The summed E-state index contributed by atoms with van der Waals surface area (Å²) in [4.78, 5) is 13.6. The zero-order valence-corrected chi connectivity index (χ0v) is 7.62. The smallest absolute Gasteiger partial charge is 0.238 e. The molecule has 2 saturated heterocycles. The topological polar surface area (TPSA) is 20.1 Å². The van der Waals surface area contributed by atoms with Gasteiger partial charge in [-0.15, -0.1) is 11.8 Å². The van der Waals surface area contributed by atoms with E-state index in [2.05, 4.69) is 6.92 Å². The molecule has 0 aromatic heterocycles. The molecule has 1 atom stereocenters. The van der Waals surface area contributed by atoms with Crippen LogP contribution in [0.15, 0.2) is 0 Å². The second-order valence-corrected chi connectivity index (χ2v) is 5.07. The first kappa shape index (κ1) is 7.47. The zero-order chi connectivity index (χ0) is 7.90. The second-order valence-electron chi connectivity index (χ2n) is 3.48. The maximum Gasteiger partial charge on any atom is 0.238 e. The molecule has 0 aromatic rings. The third-order valence-corrected chi connectivity index (χ3v) is 3.91. The Hall–Kier alpha value is -0.180. The van der Waals surface area contributed by atoms with Gasteiger partial charge in [-0.1, -0.05) is 0 Å². The van der Waals surface area contributed by atoms with Crippen molar-refractivity contribution in [2.45, 2.75) is 24.5 Å². The Morgan fingerprint density at radius 2 is 2.27 bits per heavy atom. The van der Waals surface area contributed by atoms with E-state index in [0.717, 1.165) is 25.3 Å². The predicted molar refractivity (Wildman–Crippen MR) is 46.7 cm³/mol. The molecule has 0 radical (unpaired) electrons. The van der Waals surface area contributed by atoms with Crippen LogP contribution in [0.25, 0.3) is 0 Å². The molecule has 2 rings (SSSR count). The van der Waals surface area contributed by atoms with Crippen LogP contribution in [0.2, 0.25) is 0 Å². The first-order valence-corrected chi connectivity index (χ1v) is 5.14. The molecule has 3 heteroatoms. The van der Waals surface area contributed by atoms with Crippen molar-refractivity contribution < 1.29 is 4.79 Å². The molecule has 2 fully saturated rings. The Morgan fingerprint density at radius 1 is 1.55 bits per heavy atom. The van der Waals surface area contributed by atoms with Crippen molar-refractivity contribution >= 4 is 17.7 Å². The Balaban J connectivity index is 2.05. The highest BCUT2D eigenvalue weighted by Crippen LogP contribution is 2.40. The minimum absolute atomic E-state index is 0.0590. The average molecular weight is 171 g/mol. The van der Waals surface area contributed by atoms with Gasteiger partial charge in [0.1, 0.15) is 0 Å². The summed E-state index contributed by atoms with van der Waals surface area (Å²) in [5.41, 5.74) is 0. The lowest BCUT2D eigenvalue weighted by molar-refractivity contribution is -0.127. The lowest BCUT2D eigenvalue weighted by Crippen LogP contribution is -2.34. The van der Waals surface area contributed by atoms with Gasteiger partial charge in [0.15, 0.2) is 0 Å². The number of hydrogen-bond acceptors (Lipinski definition) is 2. The van der Waals surface area contributed by atoms with Gasteiger partial charge in [-0.25, -0.2) is 0 Å². The van der Waals surface area contributed by atoms with E-state index in [4.69, 9.17) is 0 Å². The molecule has 0 aromatic carbocycles. The second kappa shape index (κ2) is 2.41. The highest BCUT2D eigenvalue weighted by Gasteiger charge is 2.42. The Morgan fingerprint density at radius 3 is 2.73 bits per heavy atom. The van der Waals surface area contributed by atoms with Gasteiger partial charge in [-0.05, 0) is 25.5 Å². The zero-order valence-electron chi connectivity index (χ0n) is 6.80. The van der Waals surface area contributed by atoms with Gasteiger partial charge >= 0.3 is 0 Å². The maximum atomic E-state index is 11.6. The van der Waals surface area contributed by atoms with Crippen molar-refractivity contribution in [2.75, 3.05) is 18.8 Å². The van der Waals surface area contributed by atoms with Crippen LogP contribution in [-0.2, 0) is 4.79 Å². The molecule has 1 unspecified atom stereocenters. The van der Waals surface area contributed by atoms with Crippen LogP contribution >= 0.6 is 11.8 Å². The Kier molecular flexibility index (Phi) is 1.63. The van der Waals surface area contributed by atoms with Crippen LogP contribution in [0.5, 0.6) is 0 Å². The molecule has 0 saturated carbocycles. The molecular formula is C8H13NOS. The maximum absolute atomic E-state index is 11.6. The highest BCUT2D eigenvalue weighted by atomic mass is 32.2. The molecule has 0 aliphatic carbocycles. The summed E-state index contributed by atoms with van der Waals surface area (Å²) >= 11 is 1.83. The molecule has 0 bridgehead atoms. The van der Waals surface area contributed by atoms with Gasteiger partial charge in [0.25, 0.3) is 0 Å². The molecule has 1 amide bonds. The highest BCUT2D eigenvalue weighted by molar-refractivity contribution is 8.01. The number of carbonyl (C=O) groups excluding carboxylic acids is 1. The fraction of sp³-hybridized carbons (Fsp3) is 0.875. The van der Waals surface area contributed by atoms with E-state index in [0.29, 0.717) is 5.91 Å². The van der Waals surface area contributed by atoms with Crippen molar-refractivity contribution in [3.63, 3.8) is 0 Å². The molecule has 2 aliphatic rings. The van der Waals surface area contributed by atoms with E-state index < -0.39 is 0 Å². The van der Waals surface area contributed by atoms with Gasteiger partial charge in [-0.2, -0.15) is 0 Å². The van der Waals surface area contributed by atoms with Crippen LogP contribution in [0.3, 0.4) is 0 Å². The fourth-order valence-electron chi connectivity index (χ4n) is 1.54. The standard InChI is InChI=1S/C8H13NOS/c1-8(3-2-6-11-8)7(10)9-4-5-9/h2-6H2,1H3. The van der Waals surface area contributed by atoms with Crippen LogP contribution in [0, 0.1) is 0 Å². The van der Waals surface area contributed by atoms with E-state index in [9.17, 15) is 4.79 Å². The van der Waals surface area contributed by atoms with E-state index >= 15 is 0 Å². The molecule has 0 spiro atoms. The van der Waals surface area contributed by atoms with E-state index in [1.54, 1.807) is 0 Å². The van der Waals surface area contributed by atoms with Crippen LogP contribution < -0.4 is 0 Å². The van der Waals surface area contributed by atoms with Crippen molar-refractivity contribution in [1.29, 1.82) is 0 Å². The van der Waals surface area contributed by atoms with E-state index in [1.807, 2.05) is 16.7 Å². The molecule has 62 valence electrons. The quantitative estimate of drug-likeness (QED) is 0.551. The van der Waals surface area contributed by atoms with Crippen LogP contribution in [-0.4, -0.2) is 34.4 Å². The Labute approximate surface area is 71.3 Å². The van der Waals surface area contributed by atoms with Crippen molar-refractivity contribution in [2.24, 2.45) is 0 Å². The third kappa shape index (κ3) is 1.26. The van der Waals surface area contributed by atoms with Crippen molar-refractivity contribution in [1.82, 2.24) is 4.90 Å². The molecule has 2 heterocycles. The number of thioether (sulfide) groups is 1. The lowest BCUT2D eigenvalue weighted by atomic mass is 10.1. The van der Waals surface area contributed by atoms with Gasteiger partial charge in [0.05, 0.1) is 4.75 Å². The molecule has 11 heavy (non-hydrogen) atoms. The number of hydrogen-bond donors (Lipinski definition) is 0. The van der Waals surface area contributed by atoms with Gasteiger partial charge < -0.3 is 4.90 Å². The summed E-state index contributed by atoms with van der Waals surface area (Å²) in [7, 11) is 0. The minimum Gasteiger partial charge on any atom is -0.338 e. The van der Waals surface area contributed by atoms with Gasteiger partial charge in [0, 0.05) is 13.1 Å². The van der Waals surface area contributed by atoms with Gasteiger partial charge in [0.2, 0.25) is 5.91 Å². The number of carbonyl (C=O) groups is 1. The van der Waals surface area contributed by atoms with E-state index in [1.165, 1.54) is 6.42 Å². The summed E-state index contributed by atoms with van der Waals surface area (Å²) in [5.74, 6) is 1.54. The van der Waals surface area contributed by atoms with Crippen molar-refractivity contribution in [3.8, 4) is 0 Å². The molecule has 2 aliphatic heterocycles. The lowest BCUT2D eigenvalue weighted by Gasteiger charge is -2.20. The summed E-state index contributed by atoms with van der Waals surface area (Å²) in [6, 6.07) is 0. The summed E-state index contributed by atoms with van der Waals surface area (Å²) in [5, 5.41) is 0. The molecule has 2 nitrogen and oxygen atoms in total. The largest absolute Gasteiger partial charge is 0.338 e. The minimum atomic E-state index is -0.0590. The van der Waals surface area contributed by atoms with E-state index in [-0.39, 0.29) is 4.75 Å². The SMILES string of the molecule is CC1(C(=O)N2CC2)CCCS1. The summed E-state index contributed by atoms with van der Waals surface area (Å²) in [6.45, 7) is 4.08. The van der Waals surface area contributed by atoms with Crippen LogP contribution in [0.1, 0.15) is 19.8 Å². The van der Waals surface area contributed by atoms with Gasteiger partial charge in [-0.3, -0.25) is 4.79 Å². The summed E-state index contributed by atoms with van der Waals surface area (Å²) in [6.07, 6.45) is 2.29. The first-order valence-electron chi connectivity index (χ1n) is 4.16.